The van der Waals surface area contributed by atoms with Gasteiger partial charge < -0.3 is 73.9 Å². The lowest BCUT2D eigenvalue weighted by Crippen LogP contribution is -2.70. The lowest BCUT2D eigenvalue weighted by molar-refractivity contribution is -0.335. The fraction of sp³-hybridized carbons (Fsp3) is 0.870. The highest BCUT2D eigenvalue weighted by Crippen LogP contribution is 2.44. The third kappa shape index (κ3) is 11.6. The average Bonchev–Trinajstić information content (AvgIpc) is 3.57. The van der Waals surface area contributed by atoms with Crippen LogP contribution in [0.5, 0.6) is 6.01 Å². The Labute approximate surface area is 385 Å². The molecule has 0 aromatic carbocycles. The summed E-state index contributed by atoms with van der Waals surface area (Å²) in [6, 6.07) is -0.325. The standard InChI is InChI=1S/C46H80N6O13/c1-15-17-47-24-46(57)30(8)61-34(20-44(46,10)59-14)63-35-27(5)38(43(9,55)19-25(3)21-48-29(7)37(53)45(11,56)33(16-2)62-39(54)28(35)6)65-40-36-32(18-26(4)60-40)52(12)42(64-36)51-31-22-49-41(58-13)50-23-31/h22-23,25-30,32-38,40,47-48,53,55-57H,15-21,24H2,1-14H3/b51-42-/t25-,26-,27+,28-,29-,30+,32+,33-,34+,35+,36-,37-,38-,40+,43-,44-,45-,46+/m1/s1. The van der Waals surface area contributed by atoms with Gasteiger partial charge in [-0.1, -0.05) is 27.7 Å². The number of aliphatic imine (C=N–C) groups is 1. The van der Waals surface area contributed by atoms with Gasteiger partial charge in [0.1, 0.15) is 34.7 Å². The van der Waals surface area contributed by atoms with E-state index in [0.717, 1.165) is 6.42 Å². The summed E-state index contributed by atoms with van der Waals surface area (Å²) in [5.74, 6) is -2.73. The first kappa shape index (κ1) is 53.1. The molecule has 0 saturated carbocycles. The fourth-order valence-electron chi connectivity index (χ4n) is 10.2. The van der Waals surface area contributed by atoms with E-state index in [1.54, 1.807) is 34.6 Å². The molecule has 18 atom stereocenters. The highest BCUT2D eigenvalue weighted by atomic mass is 16.7. The number of aliphatic hydroxyl groups excluding tert-OH is 1. The molecule has 0 unspecified atom stereocenters. The minimum atomic E-state index is -1.83. The number of hydrogen-bond acceptors (Lipinski definition) is 18. The van der Waals surface area contributed by atoms with Crippen LogP contribution >= 0.6 is 0 Å². The van der Waals surface area contributed by atoms with Gasteiger partial charge in [0.15, 0.2) is 18.7 Å². The van der Waals surface area contributed by atoms with Gasteiger partial charge in [-0.15, -0.1) is 0 Å². The van der Waals surface area contributed by atoms with Crippen molar-refractivity contribution in [2.75, 3.05) is 40.9 Å². The number of likely N-dealkylation sites (N-methyl/N-ethyl adjacent to an activating group) is 1. The Morgan fingerprint density at radius 2 is 1.66 bits per heavy atom. The van der Waals surface area contributed by atoms with E-state index in [-0.39, 0.29) is 49.9 Å². The van der Waals surface area contributed by atoms with Crippen LogP contribution in [0, 0.1) is 17.8 Å². The minimum absolute atomic E-state index is 0.0820. The SMILES string of the molecule is CCCNC[C@]1(O)[C@H](C)O[C@@H](O[C@H]2[C@H](C)[C@@H](O[C@@H]3O[C@H](C)C[C@H]4[C@H]3O/C(=N\c3cnc(OC)nc3)N4C)[C@](C)(O)C[C@@H](C)CN[C@H](C)[C@@H](O)[C@](C)(O)[C@@H](CC)OC(=O)[C@@H]2C)C[C@@]1(C)OC. The molecule has 0 amide bonds. The fourth-order valence-corrected chi connectivity index (χ4v) is 10.2. The van der Waals surface area contributed by atoms with Crippen molar-refractivity contribution in [2.24, 2.45) is 22.7 Å². The molecule has 4 aliphatic rings. The molecule has 0 aliphatic carbocycles. The lowest BCUT2D eigenvalue weighted by Gasteiger charge is -2.53. The minimum Gasteiger partial charge on any atom is -0.467 e. The van der Waals surface area contributed by atoms with Crippen molar-refractivity contribution < 1.29 is 63.1 Å². The molecule has 372 valence electrons. The summed E-state index contributed by atoms with van der Waals surface area (Å²) in [6.45, 7) is 21.0. The third-order valence-electron chi connectivity index (χ3n) is 14.4. The van der Waals surface area contributed by atoms with Crippen LogP contribution in [0.2, 0.25) is 0 Å². The van der Waals surface area contributed by atoms with E-state index in [0.29, 0.717) is 31.2 Å². The monoisotopic (exact) mass is 925 g/mol. The first-order valence-corrected chi connectivity index (χ1v) is 23.5. The van der Waals surface area contributed by atoms with Crippen molar-refractivity contribution >= 4 is 17.7 Å². The Kier molecular flexibility index (Phi) is 17.7. The molecule has 19 heteroatoms. The number of carbonyl (C=O) groups excluding carboxylic acids is 1. The van der Waals surface area contributed by atoms with Crippen LogP contribution in [0.25, 0.3) is 0 Å². The molecule has 4 saturated heterocycles. The van der Waals surface area contributed by atoms with Gasteiger partial charge >= 0.3 is 12.0 Å². The van der Waals surface area contributed by atoms with E-state index >= 15 is 0 Å². The second kappa shape index (κ2) is 21.6. The second-order valence-electron chi connectivity index (χ2n) is 19.8. The highest BCUT2D eigenvalue weighted by Gasteiger charge is 2.59. The predicted octanol–water partition coefficient (Wildman–Crippen LogP) is 2.82. The normalized spacial score (nSPS) is 44.1. The molecule has 19 nitrogen and oxygen atoms in total. The van der Waals surface area contributed by atoms with Crippen LogP contribution in [0.1, 0.15) is 108 Å². The van der Waals surface area contributed by atoms with Gasteiger partial charge in [-0.25, -0.2) is 9.97 Å². The van der Waals surface area contributed by atoms with Crippen LogP contribution in [0.15, 0.2) is 17.4 Å². The van der Waals surface area contributed by atoms with E-state index in [1.807, 2.05) is 46.6 Å². The first-order valence-electron chi connectivity index (χ1n) is 23.5. The van der Waals surface area contributed by atoms with E-state index in [9.17, 15) is 25.2 Å². The molecule has 0 spiro atoms. The van der Waals surface area contributed by atoms with Crippen LogP contribution in [0.4, 0.5) is 5.69 Å². The van der Waals surface area contributed by atoms with Crippen molar-refractivity contribution in [3.8, 4) is 6.01 Å². The van der Waals surface area contributed by atoms with Gasteiger partial charge in [-0.05, 0) is 93.2 Å². The topological polar surface area (TPSA) is 237 Å². The Bertz CT molecular complexity index is 1730. The number of carbonyl (C=O) groups is 1. The summed E-state index contributed by atoms with van der Waals surface area (Å²) in [5.41, 5.74) is -5.59. The number of esters is 1. The van der Waals surface area contributed by atoms with E-state index in [1.165, 1.54) is 33.5 Å². The first-order chi connectivity index (χ1) is 30.5. The number of rotatable bonds is 12. The summed E-state index contributed by atoms with van der Waals surface area (Å²) in [5, 5.41) is 54.9. The molecule has 4 aliphatic heterocycles. The number of ether oxygens (including phenoxy) is 8. The van der Waals surface area contributed by atoms with Crippen molar-refractivity contribution in [1.82, 2.24) is 25.5 Å². The van der Waals surface area contributed by atoms with Crippen LogP contribution in [-0.4, -0.2) is 178 Å². The molecule has 0 radical (unpaired) electrons. The zero-order valence-corrected chi connectivity index (χ0v) is 41.1. The largest absolute Gasteiger partial charge is 0.467 e. The summed E-state index contributed by atoms with van der Waals surface area (Å²) < 4.78 is 50.9. The number of hydrogen-bond donors (Lipinski definition) is 6. The van der Waals surface area contributed by atoms with Gasteiger partial charge in [0, 0.05) is 39.1 Å². The van der Waals surface area contributed by atoms with E-state index < -0.39 is 95.5 Å². The summed E-state index contributed by atoms with van der Waals surface area (Å²) in [7, 11) is 4.91. The Balaban J connectivity index is 1.57. The number of nitrogens with zero attached hydrogens (tertiary/aromatic N) is 4. The lowest BCUT2D eigenvalue weighted by atomic mass is 9.75. The van der Waals surface area contributed by atoms with Crippen LogP contribution in [-0.2, 0) is 38.0 Å². The highest BCUT2D eigenvalue weighted by molar-refractivity contribution is 5.79. The maximum Gasteiger partial charge on any atom is 0.316 e. The Morgan fingerprint density at radius 3 is 2.28 bits per heavy atom. The molecule has 4 fully saturated rings. The van der Waals surface area contributed by atoms with Crippen LogP contribution < -0.4 is 15.4 Å². The van der Waals surface area contributed by atoms with Crippen molar-refractivity contribution in [1.29, 1.82) is 0 Å². The number of amidine groups is 1. The molecular weight excluding hydrogens is 845 g/mol. The maximum absolute atomic E-state index is 14.5. The number of methoxy groups -OCH3 is 2. The molecule has 1 aromatic heterocycles. The van der Waals surface area contributed by atoms with Gasteiger partial charge in [-0.3, -0.25) is 4.79 Å². The van der Waals surface area contributed by atoms with Gasteiger partial charge in [0.25, 0.3) is 6.02 Å². The molecule has 5 heterocycles. The van der Waals surface area contributed by atoms with E-state index in [2.05, 4.69) is 20.6 Å². The maximum atomic E-state index is 14.5. The summed E-state index contributed by atoms with van der Waals surface area (Å²) in [6.07, 6.45) is -3.32. The molecule has 0 bridgehead atoms. The second-order valence-corrected chi connectivity index (χ2v) is 19.8. The number of aromatic nitrogens is 2. The van der Waals surface area contributed by atoms with Gasteiger partial charge in [-0.2, -0.15) is 4.99 Å². The summed E-state index contributed by atoms with van der Waals surface area (Å²) >= 11 is 0. The van der Waals surface area contributed by atoms with Crippen LogP contribution in [0.3, 0.4) is 0 Å². The molecule has 6 N–H and O–H groups in total. The van der Waals surface area contributed by atoms with Crippen molar-refractivity contribution in [2.45, 2.75) is 198 Å². The van der Waals surface area contributed by atoms with Gasteiger partial charge in [0.2, 0.25) is 0 Å². The Morgan fingerprint density at radius 1 is 0.985 bits per heavy atom. The molecule has 65 heavy (non-hydrogen) atoms. The zero-order valence-electron chi connectivity index (χ0n) is 41.1. The Hall–Kier alpha value is -2.82. The number of fused-ring (bicyclic) bond motifs is 1. The van der Waals surface area contributed by atoms with Crippen molar-refractivity contribution in [3.05, 3.63) is 12.4 Å². The molecule has 1 aromatic rings. The predicted molar refractivity (Wildman–Crippen MR) is 240 cm³/mol. The van der Waals surface area contributed by atoms with Crippen molar-refractivity contribution in [3.63, 3.8) is 0 Å². The number of nitrogens with one attached hydrogen (secondary N) is 2. The number of aliphatic hydroxyl groups is 4. The zero-order chi connectivity index (χ0) is 48.2. The summed E-state index contributed by atoms with van der Waals surface area (Å²) in [4.78, 5) is 29.5. The average molecular weight is 925 g/mol. The van der Waals surface area contributed by atoms with Gasteiger partial charge in [0.05, 0.1) is 61.5 Å². The van der Waals surface area contributed by atoms with E-state index in [4.69, 9.17) is 42.9 Å². The smallest absolute Gasteiger partial charge is 0.316 e. The molecular formula is C46H80N6O13. The quantitative estimate of drug-likeness (QED) is 0.131. The third-order valence-corrected chi connectivity index (χ3v) is 14.4. The molecule has 5 rings (SSSR count). The number of cyclic esters (lactones) is 1.